The number of hydrogen-bond acceptors (Lipinski definition) is 3. The Morgan fingerprint density at radius 3 is 2.50 bits per heavy atom. The zero-order valence-electron chi connectivity index (χ0n) is 12.1. The standard InChI is InChI=1S/C15H25NOS/c1-6-17-14-8-7-12(11(2)16)9-13(14)10-18-15(3,4)5/h7-9,11H,6,10,16H2,1-5H3. The van der Waals surface area contributed by atoms with Gasteiger partial charge in [0.15, 0.2) is 0 Å². The minimum absolute atomic E-state index is 0.0686. The van der Waals surface area contributed by atoms with Crippen LogP contribution in [0.25, 0.3) is 0 Å². The van der Waals surface area contributed by atoms with Crippen LogP contribution in [-0.4, -0.2) is 11.4 Å². The monoisotopic (exact) mass is 267 g/mol. The maximum absolute atomic E-state index is 5.94. The molecule has 2 nitrogen and oxygen atoms in total. The number of thioether (sulfide) groups is 1. The molecule has 0 aliphatic heterocycles. The van der Waals surface area contributed by atoms with Crippen LogP contribution in [0.15, 0.2) is 18.2 Å². The molecule has 0 saturated heterocycles. The molecule has 3 heteroatoms. The van der Waals surface area contributed by atoms with E-state index in [0.717, 1.165) is 11.5 Å². The third-order valence-corrected chi connectivity index (χ3v) is 3.89. The van der Waals surface area contributed by atoms with Crippen molar-refractivity contribution in [2.45, 2.75) is 51.2 Å². The van der Waals surface area contributed by atoms with Crippen LogP contribution < -0.4 is 10.5 Å². The summed E-state index contributed by atoms with van der Waals surface area (Å²) in [6.07, 6.45) is 0. The van der Waals surface area contributed by atoms with Gasteiger partial charge in [-0.15, -0.1) is 0 Å². The van der Waals surface area contributed by atoms with Crippen LogP contribution in [0.4, 0.5) is 0 Å². The van der Waals surface area contributed by atoms with Gasteiger partial charge >= 0.3 is 0 Å². The van der Waals surface area contributed by atoms with Crippen LogP contribution in [0.2, 0.25) is 0 Å². The summed E-state index contributed by atoms with van der Waals surface area (Å²) in [4.78, 5) is 0. The summed E-state index contributed by atoms with van der Waals surface area (Å²) in [6.45, 7) is 11.4. The molecule has 0 radical (unpaired) electrons. The fourth-order valence-corrected chi connectivity index (χ4v) is 2.40. The van der Waals surface area contributed by atoms with E-state index in [1.54, 1.807) is 0 Å². The van der Waals surface area contributed by atoms with E-state index < -0.39 is 0 Å². The zero-order valence-corrected chi connectivity index (χ0v) is 12.9. The predicted molar refractivity (Wildman–Crippen MR) is 81.3 cm³/mol. The van der Waals surface area contributed by atoms with Gasteiger partial charge in [0, 0.05) is 22.1 Å². The van der Waals surface area contributed by atoms with E-state index in [-0.39, 0.29) is 10.8 Å². The van der Waals surface area contributed by atoms with Gasteiger partial charge in [0.25, 0.3) is 0 Å². The second-order valence-electron chi connectivity index (χ2n) is 5.49. The molecule has 0 aliphatic carbocycles. The lowest BCUT2D eigenvalue weighted by atomic mass is 10.1. The maximum atomic E-state index is 5.94. The molecule has 102 valence electrons. The van der Waals surface area contributed by atoms with Crippen molar-refractivity contribution in [1.29, 1.82) is 0 Å². The van der Waals surface area contributed by atoms with Gasteiger partial charge < -0.3 is 10.5 Å². The van der Waals surface area contributed by atoms with Crippen LogP contribution in [0.1, 0.15) is 51.8 Å². The maximum Gasteiger partial charge on any atom is 0.123 e. The minimum atomic E-state index is 0.0686. The molecule has 1 rings (SSSR count). The Morgan fingerprint density at radius 1 is 1.33 bits per heavy atom. The van der Waals surface area contributed by atoms with Gasteiger partial charge in [0.1, 0.15) is 5.75 Å². The highest BCUT2D eigenvalue weighted by Gasteiger charge is 2.14. The first-order valence-corrected chi connectivity index (χ1v) is 7.47. The molecule has 0 fully saturated rings. The number of benzene rings is 1. The molecular formula is C15H25NOS. The first kappa shape index (κ1) is 15.4. The molecule has 0 bridgehead atoms. The van der Waals surface area contributed by atoms with Crippen LogP contribution >= 0.6 is 11.8 Å². The van der Waals surface area contributed by atoms with E-state index >= 15 is 0 Å². The number of rotatable bonds is 5. The van der Waals surface area contributed by atoms with E-state index in [9.17, 15) is 0 Å². The van der Waals surface area contributed by atoms with E-state index in [1.807, 2.05) is 31.7 Å². The van der Waals surface area contributed by atoms with E-state index in [2.05, 4.69) is 32.9 Å². The molecule has 0 amide bonds. The summed E-state index contributed by atoms with van der Waals surface area (Å²) in [5.41, 5.74) is 8.35. The number of hydrogen-bond donors (Lipinski definition) is 1. The van der Waals surface area contributed by atoms with Crippen LogP contribution in [0.3, 0.4) is 0 Å². The van der Waals surface area contributed by atoms with Gasteiger partial charge in [-0.05, 0) is 31.5 Å². The van der Waals surface area contributed by atoms with Crippen molar-refractivity contribution in [2.75, 3.05) is 6.61 Å². The van der Waals surface area contributed by atoms with Crippen molar-refractivity contribution in [3.8, 4) is 5.75 Å². The largest absolute Gasteiger partial charge is 0.494 e. The molecule has 1 aromatic rings. The number of ether oxygens (including phenoxy) is 1. The molecule has 0 spiro atoms. The quantitative estimate of drug-likeness (QED) is 0.871. The lowest BCUT2D eigenvalue weighted by Gasteiger charge is -2.20. The average molecular weight is 267 g/mol. The average Bonchev–Trinajstić information content (AvgIpc) is 2.26. The molecule has 18 heavy (non-hydrogen) atoms. The highest BCUT2D eigenvalue weighted by atomic mass is 32.2. The summed E-state index contributed by atoms with van der Waals surface area (Å²) in [5.74, 6) is 1.94. The molecule has 1 unspecified atom stereocenters. The van der Waals surface area contributed by atoms with Crippen molar-refractivity contribution in [3.63, 3.8) is 0 Å². The first-order valence-electron chi connectivity index (χ1n) is 6.48. The molecule has 0 aliphatic rings. The van der Waals surface area contributed by atoms with Gasteiger partial charge in [0.2, 0.25) is 0 Å². The molecule has 2 N–H and O–H groups in total. The van der Waals surface area contributed by atoms with Crippen molar-refractivity contribution in [3.05, 3.63) is 29.3 Å². The summed E-state index contributed by atoms with van der Waals surface area (Å²) in [6, 6.07) is 6.34. The van der Waals surface area contributed by atoms with Crippen LogP contribution in [0.5, 0.6) is 5.75 Å². The predicted octanol–water partition coefficient (Wildman–Crippen LogP) is 4.14. The summed E-state index contributed by atoms with van der Waals surface area (Å²) in [7, 11) is 0. The summed E-state index contributed by atoms with van der Waals surface area (Å²) in [5, 5.41) is 0. The van der Waals surface area contributed by atoms with Gasteiger partial charge in [-0.2, -0.15) is 11.8 Å². The molecular weight excluding hydrogens is 242 g/mol. The second-order valence-corrected chi connectivity index (χ2v) is 7.29. The Labute approximate surface area is 115 Å². The SMILES string of the molecule is CCOc1ccc(C(C)N)cc1CSC(C)(C)C. The summed E-state index contributed by atoms with van der Waals surface area (Å²) < 4.78 is 5.94. The fourth-order valence-electron chi connectivity index (χ4n) is 1.59. The van der Waals surface area contributed by atoms with Crippen molar-refractivity contribution in [1.82, 2.24) is 0 Å². The van der Waals surface area contributed by atoms with E-state index in [0.29, 0.717) is 6.61 Å². The molecule has 0 heterocycles. The fraction of sp³-hybridized carbons (Fsp3) is 0.600. The van der Waals surface area contributed by atoms with E-state index in [4.69, 9.17) is 10.5 Å². The molecule has 0 saturated carbocycles. The Balaban J connectivity index is 2.92. The highest BCUT2D eigenvalue weighted by Crippen LogP contribution is 2.32. The third-order valence-electron chi connectivity index (χ3n) is 2.57. The Bertz CT molecular complexity index is 383. The Hall–Kier alpha value is -0.670. The van der Waals surface area contributed by atoms with Crippen LogP contribution in [0, 0.1) is 0 Å². The van der Waals surface area contributed by atoms with Crippen molar-refractivity contribution < 1.29 is 4.74 Å². The third kappa shape index (κ3) is 4.91. The lowest BCUT2D eigenvalue weighted by molar-refractivity contribution is 0.337. The smallest absolute Gasteiger partial charge is 0.123 e. The second kappa shape index (κ2) is 6.48. The highest BCUT2D eigenvalue weighted by molar-refractivity contribution is 7.99. The Kier molecular flexibility index (Phi) is 5.54. The Morgan fingerprint density at radius 2 is 2.00 bits per heavy atom. The van der Waals surface area contributed by atoms with Gasteiger partial charge in [-0.25, -0.2) is 0 Å². The first-order chi connectivity index (χ1) is 8.33. The topological polar surface area (TPSA) is 35.2 Å². The van der Waals surface area contributed by atoms with Gasteiger partial charge in [-0.1, -0.05) is 26.8 Å². The van der Waals surface area contributed by atoms with E-state index in [1.165, 1.54) is 11.1 Å². The normalized spacial score (nSPS) is 13.4. The zero-order chi connectivity index (χ0) is 13.8. The summed E-state index contributed by atoms with van der Waals surface area (Å²) >= 11 is 1.93. The van der Waals surface area contributed by atoms with Crippen molar-refractivity contribution in [2.24, 2.45) is 5.73 Å². The lowest BCUT2D eigenvalue weighted by Crippen LogP contribution is -2.09. The molecule has 1 atom stereocenters. The number of nitrogens with two attached hydrogens (primary N) is 1. The molecule has 1 aromatic carbocycles. The van der Waals surface area contributed by atoms with Crippen LogP contribution in [-0.2, 0) is 5.75 Å². The molecule has 0 aromatic heterocycles. The van der Waals surface area contributed by atoms with Gasteiger partial charge in [0.05, 0.1) is 6.61 Å². The van der Waals surface area contributed by atoms with Crippen molar-refractivity contribution >= 4 is 11.8 Å². The minimum Gasteiger partial charge on any atom is -0.494 e. The van der Waals surface area contributed by atoms with Gasteiger partial charge in [-0.3, -0.25) is 0 Å².